The first kappa shape index (κ1) is 12.2. The molecule has 1 fully saturated rings. The summed E-state index contributed by atoms with van der Waals surface area (Å²) < 4.78 is 0. The zero-order chi connectivity index (χ0) is 12.1. The molecule has 2 heterocycles. The molecule has 0 unspecified atom stereocenters. The van der Waals surface area contributed by atoms with Crippen LogP contribution < -0.4 is 15.5 Å². The number of likely N-dealkylation sites (N-methyl/N-ethyl adjacent to an activating group) is 1. The van der Waals surface area contributed by atoms with E-state index < -0.39 is 0 Å². The van der Waals surface area contributed by atoms with Crippen LogP contribution in [-0.4, -0.2) is 37.7 Å². The smallest absolute Gasteiger partial charge is 0.127 e. The SMILES string of the molecule is CCCNc1cc(N2CC[C@@H](NC)C2)ccn1. The van der Waals surface area contributed by atoms with E-state index in [-0.39, 0.29) is 0 Å². The maximum atomic E-state index is 4.33. The minimum Gasteiger partial charge on any atom is -0.370 e. The standard InChI is InChI=1S/C13H22N4/c1-3-6-15-13-9-12(4-7-16-13)17-8-5-11(10-17)14-2/h4,7,9,11,14H,3,5-6,8,10H2,1-2H3,(H,15,16)/t11-/m1/s1. The third-order valence-electron chi connectivity index (χ3n) is 3.26. The lowest BCUT2D eigenvalue weighted by atomic mass is 10.3. The Morgan fingerprint density at radius 1 is 1.53 bits per heavy atom. The van der Waals surface area contributed by atoms with Crippen LogP contribution in [0.15, 0.2) is 18.3 Å². The molecular formula is C13H22N4. The molecule has 0 spiro atoms. The van der Waals surface area contributed by atoms with Gasteiger partial charge in [0.25, 0.3) is 0 Å². The van der Waals surface area contributed by atoms with E-state index in [1.165, 1.54) is 12.1 Å². The fourth-order valence-corrected chi connectivity index (χ4v) is 2.20. The van der Waals surface area contributed by atoms with Gasteiger partial charge in [0.2, 0.25) is 0 Å². The molecule has 0 saturated carbocycles. The average Bonchev–Trinajstić information content (AvgIpc) is 2.85. The molecule has 2 rings (SSSR count). The van der Waals surface area contributed by atoms with Crippen molar-refractivity contribution in [1.29, 1.82) is 0 Å². The van der Waals surface area contributed by atoms with Crippen molar-refractivity contribution in [1.82, 2.24) is 10.3 Å². The number of hydrogen-bond acceptors (Lipinski definition) is 4. The molecule has 4 nitrogen and oxygen atoms in total. The van der Waals surface area contributed by atoms with Crippen molar-refractivity contribution in [2.24, 2.45) is 0 Å². The molecule has 1 saturated heterocycles. The summed E-state index contributed by atoms with van der Waals surface area (Å²) in [4.78, 5) is 6.75. The van der Waals surface area contributed by atoms with Gasteiger partial charge in [0.1, 0.15) is 5.82 Å². The molecule has 0 aliphatic carbocycles. The third-order valence-corrected chi connectivity index (χ3v) is 3.26. The predicted molar refractivity (Wildman–Crippen MR) is 72.7 cm³/mol. The molecule has 1 atom stereocenters. The summed E-state index contributed by atoms with van der Waals surface area (Å²) in [7, 11) is 2.04. The normalized spacial score (nSPS) is 19.6. The second-order valence-corrected chi connectivity index (χ2v) is 4.55. The predicted octanol–water partition coefficient (Wildman–Crippen LogP) is 1.70. The van der Waals surface area contributed by atoms with E-state index in [1.807, 2.05) is 13.2 Å². The van der Waals surface area contributed by atoms with E-state index in [4.69, 9.17) is 0 Å². The molecule has 4 heteroatoms. The molecule has 1 aliphatic rings. The molecule has 1 aromatic rings. The number of anilines is 2. The molecule has 17 heavy (non-hydrogen) atoms. The van der Waals surface area contributed by atoms with E-state index in [2.05, 4.69) is 39.6 Å². The van der Waals surface area contributed by atoms with Crippen molar-refractivity contribution < 1.29 is 0 Å². The van der Waals surface area contributed by atoms with Gasteiger partial charge in [-0.15, -0.1) is 0 Å². The fourth-order valence-electron chi connectivity index (χ4n) is 2.20. The molecule has 0 aromatic carbocycles. The minimum absolute atomic E-state index is 0.621. The molecule has 1 aromatic heterocycles. The first-order valence-corrected chi connectivity index (χ1v) is 6.45. The number of hydrogen-bond donors (Lipinski definition) is 2. The first-order valence-electron chi connectivity index (χ1n) is 6.45. The van der Waals surface area contributed by atoms with Crippen LogP contribution in [0.3, 0.4) is 0 Å². The maximum absolute atomic E-state index is 4.33. The van der Waals surface area contributed by atoms with Crippen molar-refractivity contribution in [3.8, 4) is 0 Å². The Labute approximate surface area is 103 Å². The van der Waals surface area contributed by atoms with Gasteiger partial charge in [-0.3, -0.25) is 0 Å². The van der Waals surface area contributed by atoms with E-state index in [1.54, 1.807) is 0 Å². The second-order valence-electron chi connectivity index (χ2n) is 4.55. The Bertz CT molecular complexity index is 353. The molecular weight excluding hydrogens is 212 g/mol. The highest BCUT2D eigenvalue weighted by Crippen LogP contribution is 2.21. The zero-order valence-corrected chi connectivity index (χ0v) is 10.7. The topological polar surface area (TPSA) is 40.2 Å². The summed E-state index contributed by atoms with van der Waals surface area (Å²) >= 11 is 0. The first-order chi connectivity index (χ1) is 8.33. The summed E-state index contributed by atoms with van der Waals surface area (Å²) in [5, 5.41) is 6.67. The van der Waals surface area contributed by atoms with Gasteiger partial charge in [-0.25, -0.2) is 4.98 Å². The lowest BCUT2D eigenvalue weighted by Crippen LogP contribution is -2.29. The van der Waals surface area contributed by atoms with Crippen molar-refractivity contribution >= 4 is 11.5 Å². The van der Waals surface area contributed by atoms with Crippen molar-refractivity contribution in [3.63, 3.8) is 0 Å². The van der Waals surface area contributed by atoms with Crippen LogP contribution in [-0.2, 0) is 0 Å². The largest absolute Gasteiger partial charge is 0.370 e. The molecule has 0 radical (unpaired) electrons. The summed E-state index contributed by atoms with van der Waals surface area (Å²) in [5.41, 5.74) is 1.27. The molecule has 0 bridgehead atoms. The van der Waals surface area contributed by atoms with E-state index in [0.29, 0.717) is 6.04 Å². The van der Waals surface area contributed by atoms with Gasteiger partial charge in [-0.05, 0) is 26.0 Å². The van der Waals surface area contributed by atoms with Crippen LogP contribution >= 0.6 is 0 Å². The fraction of sp³-hybridized carbons (Fsp3) is 0.615. The third kappa shape index (κ3) is 3.09. The van der Waals surface area contributed by atoms with Gasteiger partial charge in [0, 0.05) is 43.6 Å². The van der Waals surface area contributed by atoms with Gasteiger partial charge in [-0.2, -0.15) is 0 Å². The lowest BCUT2D eigenvalue weighted by Gasteiger charge is -2.19. The van der Waals surface area contributed by atoms with Crippen LogP contribution in [0.25, 0.3) is 0 Å². The quantitative estimate of drug-likeness (QED) is 0.813. The number of aromatic nitrogens is 1. The van der Waals surface area contributed by atoms with Crippen LogP contribution in [0, 0.1) is 0 Å². The van der Waals surface area contributed by atoms with Gasteiger partial charge in [-0.1, -0.05) is 6.92 Å². The second kappa shape index (κ2) is 5.87. The highest BCUT2D eigenvalue weighted by molar-refractivity contribution is 5.54. The molecule has 2 N–H and O–H groups in total. The monoisotopic (exact) mass is 234 g/mol. The average molecular weight is 234 g/mol. The van der Waals surface area contributed by atoms with Crippen LogP contribution in [0.5, 0.6) is 0 Å². The summed E-state index contributed by atoms with van der Waals surface area (Å²) in [6.07, 6.45) is 4.23. The summed E-state index contributed by atoms with van der Waals surface area (Å²) in [6, 6.07) is 4.86. The zero-order valence-electron chi connectivity index (χ0n) is 10.7. The Morgan fingerprint density at radius 3 is 3.12 bits per heavy atom. The van der Waals surface area contributed by atoms with Gasteiger partial charge in [0.15, 0.2) is 0 Å². The van der Waals surface area contributed by atoms with E-state index >= 15 is 0 Å². The summed E-state index contributed by atoms with van der Waals surface area (Å²) in [5.74, 6) is 0.984. The maximum Gasteiger partial charge on any atom is 0.127 e. The number of pyridine rings is 1. The van der Waals surface area contributed by atoms with E-state index in [9.17, 15) is 0 Å². The van der Waals surface area contributed by atoms with Gasteiger partial charge in [0.05, 0.1) is 0 Å². The minimum atomic E-state index is 0.621. The van der Waals surface area contributed by atoms with Crippen LogP contribution in [0.1, 0.15) is 19.8 Å². The number of rotatable bonds is 5. The van der Waals surface area contributed by atoms with Crippen molar-refractivity contribution in [2.45, 2.75) is 25.8 Å². The molecule has 1 aliphatic heterocycles. The van der Waals surface area contributed by atoms with Crippen LogP contribution in [0.2, 0.25) is 0 Å². The number of nitrogens with one attached hydrogen (secondary N) is 2. The van der Waals surface area contributed by atoms with Gasteiger partial charge >= 0.3 is 0 Å². The summed E-state index contributed by atoms with van der Waals surface area (Å²) in [6.45, 7) is 5.36. The Balaban J connectivity index is 2.01. The highest BCUT2D eigenvalue weighted by atomic mass is 15.2. The Hall–Kier alpha value is -1.29. The highest BCUT2D eigenvalue weighted by Gasteiger charge is 2.21. The van der Waals surface area contributed by atoms with Crippen molar-refractivity contribution in [3.05, 3.63) is 18.3 Å². The van der Waals surface area contributed by atoms with Gasteiger partial charge < -0.3 is 15.5 Å². The lowest BCUT2D eigenvalue weighted by molar-refractivity contribution is 0.617. The molecule has 94 valence electrons. The number of nitrogens with zero attached hydrogens (tertiary/aromatic N) is 2. The molecule has 0 amide bonds. The Morgan fingerprint density at radius 2 is 2.41 bits per heavy atom. The van der Waals surface area contributed by atoms with Crippen LogP contribution in [0.4, 0.5) is 11.5 Å². The Kier molecular flexibility index (Phi) is 4.20. The van der Waals surface area contributed by atoms with Crippen molar-refractivity contribution in [2.75, 3.05) is 36.9 Å². The van der Waals surface area contributed by atoms with E-state index in [0.717, 1.165) is 31.9 Å².